The molecule has 0 aliphatic heterocycles. The molecule has 0 fully saturated rings. The van der Waals surface area contributed by atoms with E-state index in [-0.39, 0.29) is 11.3 Å². The third kappa shape index (κ3) is 1.95. The maximum atomic E-state index is 11.2. The van der Waals surface area contributed by atoms with E-state index in [1.54, 1.807) is 24.3 Å². The number of rotatable bonds is 2. The Morgan fingerprint density at radius 1 is 1.44 bits per heavy atom. The molecular formula is C12H7N3O3. The van der Waals surface area contributed by atoms with Gasteiger partial charge in [-0.2, -0.15) is 10.5 Å². The highest BCUT2D eigenvalue weighted by atomic mass is 16.5. The van der Waals surface area contributed by atoms with Crippen LogP contribution in [-0.4, -0.2) is 18.1 Å². The van der Waals surface area contributed by atoms with Gasteiger partial charge in [-0.3, -0.25) is 0 Å². The minimum atomic E-state index is -0.492. The fourth-order valence-corrected chi connectivity index (χ4v) is 1.47. The molecule has 2 aromatic rings. The molecule has 0 aliphatic rings. The number of carbonyl (C=O) groups is 1. The lowest BCUT2D eigenvalue weighted by atomic mass is 10.2. The van der Waals surface area contributed by atoms with Crippen molar-refractivity contribution >= 4 is 23.1 Å². The van der Waals surface area contributed by atoms with Gasteiger partial charge in [0.05, 0.1) is 7.11 Å². The van der Waals surface area contributed by atoms with E-state index < -0.39 is 5.97 Å². The maximum absolute atomic E-state index is 11.2. The van der Waals surface area contributed by atoms with E-state index in [2.05, 4.69) is 9.72 Å². The van der Waals surface area contributed by atoms with Crippen molar-refractivity contribution in [2.75, 3.05) is 7.11 Å². The number of aromatic amines is 1. The first kappa shape index (κ1) is 11.5. The molecule has 0 atom stereocenters. The number of esters is 1. The number of nitrogens with zero attached hydrogens (tertiary/aromatic N) is 2. The number of furan rings is 1. The van der Waals surface area contributed by atoms with Crippen molar-refractivity contribution in [3.8, 4) is 12.1 Å². The highest BCUT2D eigenvalue weighted by Gasteiger charge is 2.12. The van der Waals surface area contributed by atoms with E-state index in [4.69, 9.17) is 14.9 Å². The Hall–Kier alpha value is -2.99. The second-order valence-electron chi connectivity index (χ2n) is 3.39. The zero-order valence-electron chi connectivity index (χ0n) is 9.35. The molecule has 1 N–H and O–H groups in total. The summed E-state index contributed by atoms with van der Waals surface area (Å²) in [5.74, 6) is -0.126. The summed E-state index contributed by atoms with van der Waals surface area (Å²) >= 11 is 0. The minimum Gasteiger partial charge on any atom is -0.464 e. The Balaban J connectivity index is 2.40. The van der Waals surface area contributed by atoms with E-state index in [0.29, 0.717) is 16.9 Å². The number of nitrogens with one attached hydrogen (secondary N) is 1. The SMILES string of the molecule is COC(=O)c1cc2cc(C=C(C#N)C#N)oc2[nH]1. The van der Waals surface area contributed by atoms with Crippen LogP contribution in [0, 0.1) is 22.7 Å². The Kier molecular flexibility index (Phi) is 2.86. The molecular weight excluding hydrogens is 234 g/mol. The van der Waals surface area contributed by atoms with E-state index in [0.717, 1.165) is 0 Å². The molecule has 0 aromatic carbocycles. The van der Waals surface area contributed by atoms with Crippen molar-refractivity contribution in [2.45, 2.75) is 0 Å². The number of ether oxygens (including phenoxy) is 1. The topological polar surface area (TPSA) is 103 Å². The van der Waals surface area contributed by atoms with Crippen LogP contribution in [0.25, 0.3) is 17.2 Å². The molecule has 18 heavy (non-hydrogen) atoms. The number of hydrogen-bond donors (Lipinski definition) is 1. The second-order valence-corrected chi connectivity index (χ2v) is 3.39. The van der Waals surface area contributed by atoms with Gasteiger partial charge in [0.2, 0.25) is 5.71 Å². The fraction of sp³-hybridized carbons (Fsp3) is 0.0833. The van der Waals surface area contributed by atoms with Gasteiger partial charge in [-0.1, -0.05) is 0 Å². The molecule has 0 spiro atoms. The first-order valence-electron chi connectivity index (χ1n) is 4.90. The lowest BCUT2D eigenvalue weighted by Crippen LogP contribution is -2.00. The first-order valence-corrected chi connectivity index (χ1v) is 4.90. The van der Waals surface area contributed by atoms with E-state index in [1.807, 2.05) is 0 Å². The summed E-state index contributed by atoms with van der Waals surface area (Å²) in [7, 11) is 1.28. The zero-order valence-corrected chi connectivity index (χ0v) is 9.35. The Bertz CT molecular complexity index is 674. The largest absolute Gasteiger partial charge is 0.464 e. The third-order valence-electron chi connectivity index (χ3n) is 2.26. The molecule has 0 bridgehead atoms. The van der Waals surface area contributed by atoms with Crippen LogP contribution in [0.4, 0.5) is 0 Å². The molecule has 2 aromatic heterocycles. The predicted octanol–water partition coefficient (Wildman–Crippen LogP) is 1.98. The number of aromatic nitrogens is 1. The fourth-order valence-electron chi connectivity index (χ4n) is 1.47. The average Bonchev–Trinajstić information content (AvgIpc) is 2.92. The highest BCUT2D eigenvalue weighted by molar-refractivity contribution is 5.93. The Morgan fingerprint density at radius 2 is 2.17 bits per heavy atom. The van der Waals surface area contributed by atoms with Crippen molar-refractivity contribution in [1.82, 2.24) is 4.98 Å². The normalized spacial score (nSPS) is 9.50. The molecule has 0 saturated heterocycles. The van der Waals surface area contributed by atoms with Crippen molar-refractivity contribution in [2.24, 2.45) is 0 Å². The van der Waals surface area contributed by atoms with Crippen molar-refractivity contribution in [1.29, 1.82) is 10.5 Å². The van der Waals surface area contributed by atoms with Crippen LogP contribution in [-0.2, 0) is 4.74 Å². The second kappa shape index (κ2) is 4.48. The highest BCUT2D eigenvalue weighted by Crippen LogP contribution is 2.22. The van der Waals surface area contributed by atoms with Gasteiger partial charge in [-0.15, -0.1) is 0 Å². The quantitative estimate of drug-likeness (QED) is 0.639. The van der Waals surface area contributed by atoms with Gasteiger partial charge in [0.15, 0.2) is 0 Å². The summed E-state index contributed by atoms with van der Waals surface area (Å²) in [5, 5.41) is 17.9. The molecule has 0 radical (unpaired) electrons. The lowest BCUT2D eigenvalue weighted by molar-refractivity contribution is 0.0595. The van der Waals surface area contributed by atoms with Gasteiger partial charge < -0.3 is 14.1 Å². The number of fused-ring (bicyclic) bond motifs is 1. The summed E-state index contributed by atoms with van der Waals surface area (Å²) in [6, 6.07) is 6.65. The minimum absolute atomic E-state index is 0.0559. The van der Waals surface area contributed by atoms with Gasteiger partial charge >= 0.3 is 5.97 Å². The Labute approximate surface area is 102 Å². The number of H-pyrrole nitrogens is 1. The lowest BCUT2D eigenvalue weighted by Gasteiger charge is -1.92. The van der Waals surface area contributed by atoms with Crippen LogP contribution in [0.1, 0.15) is 16.2 Å². The summed E-state index contributed by atoms with van der Waals surface area (Å²) in [6.07, 6.45) is 1.33. The average molecular weight is 241 g/mol. The molecule has 6 heteroatoms. The van der Waals surface area contributed by atoms with Gasteiger partial charge in [-0.05, 0) is 12.1 Å². The van der Waals surface area contributed by atoms with Crippen LogP contribution >= 0.6 is 0 Å². The van der Waals surface area contributed by atoms with Crippen LogP contribution in [0.15, 0.2) is 22.1 Å². The molecule has 0 unspecified atom stereocenters. The van der Waals surface area contributed by atoms with Gasteiger partial charge in [0.1, 0.15) is 29.2 Å². The first-order chi connectivity index (χ1) is 8.67. The van der Waals surface area contributed by atoms with Gasteiger partial charge in [0, 0.05) is 11.5 Å². The summed E-state index contributed by atoms with van der Waals surface area (Å²) in [5.41, 5.74) is 0.610. The number of carbonyl (C=O) groups excluding carboxylic acids is 1. The molecule has 88 valence electrons. The summed E-state index contributed by atoms with van der Waals surface area (Å²) < 4.78 is 9.89. The molecule has 0 saturated carbocycles. The van der Waals surface area contributed by atoms with Crippen LogP contribution in [0.2, 0.25) is 0 Å². The molecule has 2 rings (SSSR count). The van der Waals surface area contributed by atoms with E-state index >= 15 is 0 Å². The summed E-state index contributed by atoms with van der Waals surface area (Å²) in [6.45, 7) is 0. The third-order valence-corrected chi connectivity index (χ3v) is 2.26. The van der Waals surface area contributed by atoms with Gasteiger partial charge in [-0.25, -0.2) is 4.79 Å². The van der Waals surface area contributed by atoms with Crippen molar-refractivity contribution in [3.63, 3.8) is 0 Å². The molecule has 6 nitrogen and oxygen atoms in total. The molecule has 2 heterocycles. The van der Waals surface area contributed by atoms with Crippen LogP contribution in [0.5, 0.6) is 0 Å². The number of methoxy groups -OCH3 is 1. The number of nitriles is 2. The van der Waals surface area contributed by atoms with Crippen LogP contribution in [0.3, 0.4) is 0 Å². The van der Waals surface area contributed by atoms with Gasteiger partial charge in [0.25, 0.3) is 0 Å². The predicted molar refractivity (Wildman–Crippen MR) is 61.1 cm³/mol. The monoisotopic (exact) mass is 241 g/mol. The smallest absolute Gasteiger partial charge is 0.354 e. The maximum Gasteiger partial charge on any atom is 0.354 e. The molecule has 0 aliphatic carbocycles. The van der Waals surface area contributed by atoms with Crippen molar-refractivity contribution in [3.05, 3.63) is 29.2 Å². The zero-order chi connectivity index (χ0) is 13.1. The number of hydrogen-bond acceptors (Lipinski definition) is 5. The van der Waals surface area contributed by atoms with E-state index in [1.165, 1.54) is 13.2 Å². The standard InChI is InChI=1S/C12H7N3O3/c1-17-12(16)10-4-8-3-9(18-11(8)15-10)2-7(5-13)6-14/h2-4,15H,1H3. The van der Waals surface area contributed by atoms with Crippen LogP contribution < -0.4 is 0 Å². The van der Waals surface area contributed by atoms with E-state index in [9.17, 15) is 4.79 Å². The summed E-state index contributed by atoms with van der Waals surface area (Å²) in [4.78, 5) is 14.0. The molecule has 0 amide bonds. The van der Waals surface area contributed by atoms with Crippen molar-refractivity contribution < 1.29 is 13.9 Å². The Morgan fingerprint density at radius 3 is 2.72 bits per heavy atom. The number of allylic oxidation sites excluding steroid dienone is 1.